The number of nitrogens with one attached hydrogen (secondary N) is 2. The van der Waals surface area contributed by atoms with Gasteiger partial charge < -0.3 is 24.7 Å². The van der Waals surface area contributed by atoms with Crippen molar-refractivity contribution in [3.8, 4) is 0 Å². The highest BCUT2D eigenvalue weighted by Crippen LogP contribution is 2.31. The zero-order valence-electron chi connectivity index (χ0n) is 18.2. The van der Waals surface area contributed by atoms with Gasteiger partial charge in [0.1, 0.15) is 12.1 Å². The number of aliphatic carboxylic acids is 1. The fraction of sp³-hybridized carbons (Fsp3) is 0.192. The van der Waals surface area contributed by atoms with Gasteiger partial charge in [0.05, 0.1) is 12.8 Å². The van der Waals surface area contributed by atoms with Gasteiger partial charge in [-0.1, -0.05) is 48.5 Å². The Labute approximate surface area is 195 Å². The van der Waals surface area contributed by atoms with Crippen molar-refractivity contribution >= 4 is 28.7 Å². The molecule has 0 radical (unpaired) electrons. The molecule has 8 heteroatoms. The molecular weight excluding hydrogens is 434 g/mol. The molecule has 1 aliphatic rings. The molecule has 0 aliphatic carbocycles. The van der Waals surface area contributed by atoms with Gasteiger partial charge >= 0.3 is 5.97 Å². The van der Waals surface area contributed by atoms with Crippen LogP contribution in [0.25, 0.3) is 10.9 Å². The molecule has 2 aromatic carbocycles. The van der Waals surface area contributed by atoms with E-state index in [0.29, 0.717) is 0 Å². The summed E-state index contributed by atoms with van der Waals surface area (Å²) < 4.78 is 5.18. The maximum absolute atomic E-state index is 13.8. The van der Waals surface area contributed by atoms with Crippen LogP contribution in [0.2, 0.25) is 0 Å². The van der Waals surface area contributed by atoms with Gasteiger partial charge in [-0.05, 0) is 29.3 Å². The summed E-state index contributed by atoms with van der Waals surface area (Å²) in [7, 11) is 0. The fourth-order valence-electron chi connectivity index (χ4n) is 4.55. The minimum atomic E-state index is -1.08. The number of carbonyl (C=O) groups is 3. The average Bonchev–Trinajstić information content (AvgIpc) is 3.51. The molecule has 0 unspecified atom stereocenters. The van der Waals surface area contributed by atoms with Gasteiger partial charge in [0.15, 0.2) is 5.76 Å². The number of hydrogen-bond acceptors (Lipinski definition) is 4. The van der Waals surface area contributed by atoms with Crippen LogP contribution >= 0.6 is 0 Å². The van der Waals surface area contributed by atoms with Crippen LogP contribution < -0.4 is 5.32 Å². The Morgan fingerprint density at radius 1 is 1.06 bits per heavy atom. The second-order valence-electron chi connectivity index (χ2n) is 8.35. The molecule has 5 rings (SSSR count). The predicted molar refractivity (Wildman–Crippen MR) is 124 cm³/mol. The van der Waals surface area contributed by atoms with Gasteiger partial charge in [-0.15, -0.1) is 0 Å². The van der Waals surface area contributed by atoms with Gasteiger partial charge in [0.25, 0.3) is 5.91 Å². The number of nitrogens with zero attached hydrogens (tertiary/aromatic N) is 1. The van der Waals surface area contributed by atoms with Crippen molar-refractivity contribution in [2.45, 2.75) is 31.5 Å². The van der Waals surface area contributed by atoms with E-state index in [2.05, 4.69) is 10.3 Å². The lowest BCUT2D eigenvalue weighted by Crippen LogP contribution is -2.56. The number of furan rings is 1. The van der Waals surface area contributed by atoms with Crippen LogP contribution in [-0.4, -0.2) is 44.9 Å². The lowest BCUT2D eigenvalue weighted by Gasteiger charge is -2.35. The first-order chi connectivity index (χ1) is 16.5. The summed E-state index contributed by atoms with van der Waals surface area (Å²) in [4.78, 5) is 43.4. The summed E-state index contributed by atoms with van der Waals surface area (Å²) in [5, 5.41) is 13.7. The number of rotatable bonds is 6. The highest BCUT2D eigenvalue weighted by Gasteiger charge is 2.39. The third-order valence-electron chi connectivity index (χ3n) is 6.20. The largest absolute Gasteiger partial charge is 0.480 e. The topological polar surface area (TPSA) is 116 Å². The quantitative estimate of drug-likeness (QED) is 0.411. The summed E-state index contributed by atoms with van der Waals surface area (Å²) in [6.45, 7) is 0.113. The highest BCUT2D eigenvalue weighted by atomic mass is 16.4. The van der Waals surface area contributed by atoms with E-state index in [4.69, 9.17) is 4.42 Å². The van der Waals surface area contributed by atoms with E-state index >= 15 is 0 Å². The summed E-state index contributed by atoms with van der Waals surface area (Å²) in [6, 6.07) is 18.1. The van der Waals surface area contributed by atoms with E-state index in [9.17, 15) is 19.5 Å². The minimum Gasteiger partial charge on any atom is -0.480 e. The number of H-pyrrole nitrogens is 1. The summed E-state index contributed by atoms with van der Waals surface area (Å²) >= 11 is 0. The van der Waals surface area contributed by atoms with E-state index in [0.717, 1.165) is 27.7 Å². The number of para-hydroxylation sites is 1. The van der Waals surface area contributed by atoms with E-state index < -0.39 is 29.9 Å². The molecule has 2 atom stereocenters. The number of benzene rings is 2. The van der Waals surface area contributed by atoms with Crippen molar-refractivity contribution in [1.82, 2.24) is 15.2 Å². The second kappa shape index (κ2) is 8.90. The lowest BCUT2D eigenvalue weighted by molar-refractivity contribution is -0.152. The van der Waals surface area contributed by atoms with Crippen LogP contribution in [0.15, 0.2) is 77.4 Å². The van der Waals surface area contributed by atoms with E-state index in [1.54, 1.807) is 6.07 Å². The van der Waals surface area contributed by atoms with Crippen molar-refractivity contribution in [2.24, 2.45) is 0 Å². The number of aromatic amines is 1. The first-order valence-corrected chi connectivity index (χ1v) is 11.0. The molecule has 2 aromatic heterocycles. The van der Waals surface area contributed by atoms with Crippen LogP contribution in [0.1, 0.15) is 27.4 Å². The number of carboxylic acid groups (broad SMARTS) is 1. The Kier molecular flexibility index (Phi) is 5.63. The molecule has 0 bridgehead atoms. The maximum Gasteiger partial charge on any atom is 0.326 e. The molecule has 0 spiro atoms. The zero-order valence-corrected chi connectivity index (χ0v) is 18.2. The summed E-state index contributed by atoms with van der Waals surface area (Å²) in [5.41, 5.74) is 3.46. The molecule has 4 aromatic rings. The van der Waals surface area contributed by atoms with Gasteiger partial charge in [-0.2, -0.15) is 0 Å². The number of aromatic nitrogens is 1. The number of fused-ring (bicyclic) bond motifs is 3. The Balaban J connectivity index is 1.47. The smallest absolute Gasteiger partial charge is 0.326 e. The number of carboxylic acids is 1. The Bertz CT molecular complexity index is 1340. The molecule has 8 nitrogen and oxygen atoms in total. The summed E-state index contributed by atoms with van der Waals surface area (Å²) in [5.74, 6) is -1.99. The SMILES string of the molecule is O=C(N[C@@H](Cc1ccccc1)C(=O)N1Cc2[nH]c3ccccc3c2C[C@H]1C(=O)O)c1ccco1. The Morgan fingerprint density at radius 2 is 1.82 bits per heavy atom. The van der Waals surface area contributed by atoms with Crippen molar-refractivity contribution in [3.05, 3.63) is 95.6 Å². The van der Waals surface area contributed by atoms with Crippen LogP contribution in [-0.2, 0) is 29.0 Å². The number of hydrogen-bond donors (Lipinski definition) is 3. The van der Waals surface area contributed by atoms with Crippen LogP contribution in [0.5, 0.6) is 0 Å². The normalized spacial score (nSPS) is 16.1. The first-order valence-electron chi connectivity index (χ1n) is 11.0. The van der Waals surface area contributed by atoms with Gasteiger partial charge in [0, 0.05) is 29.4 Å². The molecule has 0 saturated carbocycles. The third-order valence-corrected chi connectivity index (χ3v) is 6.20. The molecular formula is C26H23N3O5. The van der Waals surface area contributed by atoms with Crippen molar-refractivity contribution in [3.63, 3.8) is 0 Å². The second-order valence-corrected chi connectivity index (χ2v) is 8.35. The lowest BCUT2D eigenvalue weighted by atomic mass is 9.95. The molecule has 172 valence electrons. The molecule has 0 fully saturated rings. The van der Waals surface area contributed by atoms with Crippen molar-refractivity contribution in [2.75, 3.05) is 0 Å². The molecule has 1 aliphatic heterocycles. The van der Waals surface area contributed by atoms with Crippen molar-refractivity contribution < 1.29 is 23.9 Å². The Morgan fingerprint density at radius 3 is 2.56 bits per heavy atom. The predicted octanol–water partition coefficient (Wildman–Crippen LogP) is 3.14. The molecule has 0 saturated heterocycles. The van der Waals surface area contributed by atoms with Crippen molar-refractivity contribution in [1.29, 1.82) is 0 Å². The molecule has 2 amide bonds. The van der Waals surface area contributed by atoms with Crippen LogP contribution in [0, 0.1) is 0 Å². The van der Waals surface area contributed by atoms with E-state index in [1.807, 2.05) is 54.6 Å². The maximum atomic E-state index is 13.8. The van der Waals surface area contributed by atoms with Crippen LogP contribution in [0.3, 0.4) is 0 Å². The molecule has 3 heterocycles. The summed E-state index contributed by atoms with van der Waals surface area (Å²) in [6.07, 6.45) is 1.78. The molecule has 3 N–H and O–H groups in total. The highest BCUT2D eigenvalue weighted by molar-refractivity contribution is 5.97. The van der Waals surface area contributed by atoms with E-state index in [1.165, 1.54) is 17.2 Å². The average molecular weight is 457 g/mol. The minimum absolute atomic E-state index is 0.0807. The Hall–Kier alpha value is -4.33. The third kappa shape index (κ3) is 4.05. The fourth-order valence-corrected chi connectivity index (χ4v) is 4.55. The van der Waals surface area contributed by atoms with Gasteiger partial charge in [-0.25, -0.2) is 4.79 Å². The van der Waals surface area contributed by atoms with E-state index in [-0.39, 0.29) is 25.1 Å². The van der Waals surface area contributed by atoms with Crippen LogP contribution in [0.4, 0.5) is 0 Å². The number of carbonyl (C=O) groups excluding carboxylic acids is 2. The standard InChI is InChI=1S/C26H23N3O5/c30-24(23-11-6-12-34-23)28-20(13-16-7-2-1-3-8-16)25(31)29-15-21-18(14-22(29)26(32)33)17-9-4-5-10-19(17)27-21/h1-12,20,22,27H,13-15H2,(H,28,30)(H,32,33)/t20-,22-/m0/s1. The van der Waals surface area contributed by atoms with Gasteiger partial charge in [0.2, 0.25) is 5.91 Å². The monoisotopic (exact) mass is 457 g/mol. The first kappa shape index (κ1) is 21.5. The molecule has 34 heavy (non-hydrogen) atoms. The van der Waals surface area contributed by atoms with Gasteiger partial charge in [-0.3, -0.25) is 9.59 Å². The number of amides is 2. The zero-order chi connectivity index (χ0) is 23.7.